The van der Waals surface area contributed by atoms with E-state index < -0.39 is 33.4 Å². The lowest BCUT2D eigenvalue weighted by molar-refractivity contribution is -0.108. The third kappa shape index (κ3) is 5.09. The van der Waals surface area contributed by atoms with Gasteiger partial charge in [-0.2, -0.15) is 0 Å². The molecule has 200 valence electrons. The Bertz CT molecular complexity index is 1470. The number of halogens is 3. The van der Waals surface area contributed by atoms with Gasteiger partial charge < -0.3 is 19.8 Å². The Morgan fingerprint density at radius 1 is 1.08 bits per heavy atom. The van der Waals surface area contributed by atoms with Crippen molar-refractivity contribution in [1.29, 1.82) is 0 Å². The van der Waals surface area contributed by atoms with Crippen molar-refractivity contribution in [3.63, 3.8) is 0 Å². The summed E-state index contributed by atoms with van der Waals surface area (Å²) in [5.41, 5.74) is -0.281. The number of benzene rings is 3. The van der Waals surface area contributed by atoms with Crippen molar-refractivity contribution in [1.82, 2.24) is 0 Å². The number of β-amino-alcohol motifs (C(OH)–C–C–N with tert-alkyl or cyclic N) is 1. The molecule has 0 aromatic heterocycles. The van der Waals surface area contributed by atoms with Gasteiger partial charge in [0.25, 0.3) is 10.0 Å². The third-order valence-corrected chi connectivity index (χ3v) is 8.44. The molecule has 3 aromatic rings. The highest BCUT2D eigenvalue weighted by molar-refractivity contribution is 7.95. The second-order valence-corrected chi connectivity index (χ2v) is 11.5. The molecular weight excluding hydrogens is 538 g/mol. The third-order valence-electron chi connectivity index (χ3n) is 6.80. The Balaban J connectivity index is 1.34. The van der Waals surface area contributed by atoms with Crippen LogP contribution < -0.4 is 13.9 Å². The average molecular weight is 563 g/mol. The van der Waals surface area contributed by atoms with E-state index in [1.165, 1.54) is 15.3 Å². The fraction of sp³-hybridized carbons (Fsp3) is 0.259. The zero-order chi connectivity index (χ0) is 27.1. The summed E-state index contributed by atoms with van der Waals surface area (Å²) >= 11 is 5.70. The van der Waals surface area contributed by atoms with E-state index in [0.29, 0.717) is 17.0 Å². The number of anilines is 2. The first-order chi connectivity index (χ1) is 18.1. The molecule has 11 heteroatoms. The van der Waals surface area contributed by atoms with Gasteiger partial charge >= 0.3 is 0 Å². The summed E-state index contributed by atoms with van der Waals surface area (Å²) in [5.74, 6) is -1.40. The van der Waals surface area contributed by atoms with Crippen LogP contribution >= 0.6 is 11.6 Å². The fourth-order valence-corrected chi connectivity index (χ4v) is 6.12. The van der Waals surface area contributed by atoms with Crippen LogP contribution in [-0.4, -0.2) is 50.0 Å². The number of aliphatic hydroxyl groups excluding tert-OH is 1. The molecule has 0 saturated carbocycles. The van der Waals surface area contributed by atoms with E-state index in [2.05, 4.69) is 0 Å². The number of sulfonamides is 1. The highest BCUT2D eigenvalue weighted by Gasteiger charge is 2.43. The molecule has 2 heterocycles. The number of hydrogen-bond acceptors (Lipinski definition) is 6. The molecule has 1 saturated heterocycles. The van der Waals surface area contributed by atoms with E-state index in [-0.39, 0.29) is 43.4 Å². The molecule has 5 rings (SSSR count). The van der Waals surface area contributed by atoms with Gasteiger partial charge in [-0.05, 0) is 42.3 Å². The number of ether oxygens (including phenoxy) is 1. The monoisotopic (exact) mass is 562 g/mol. The molecule has 0 unspecified atom stereocenters. The number of piperidine rings is 1. The number of hydrogen-bond donors (Lipinski definition) is 2. The Morgan fingerprint density at radius 2 is 1.79 bits per heavy atom. The minimum Gasteiger partial charge on any atom is -0.490 e. The van der Waals surface area contributed by atoms with Crippen LogP contribution in [0.4, 0.5) is 20.2 Å². The second-order valence-electron chi connectivity index (χ2n) is 9.35. The summed E-state index contributed by atoms with van der Waals surface area (Å²) in [6, 6.07) is 16.1. The van der Waals surface area contributed by atoms with Gasteiger partial charge in [-0.1, -0.05) is 48.0 Å². The first kappa shape index (κ1) is 26.4. The van der Waals surface area contributed by atoms with Gasteiger partial charge in [0.15, 0.2) is 11.6 Å². The van der Waals surface area contributed by atoms with Crippen LogP contribution in [0.5, 0.6) is 5.75 Å². The van der Waals surface area contributed by atoms with Gasteiger partial charge in [-0.15, -0.1) is 0 Å². The average Bonchev–Trinajstić information content (AvgIpc) is 2.87. The lowest BCUT2D eigenvalue weighted by atomic mass is 9.89. The highest BCUT2D eigenvalue weighted by atomic mass is 35.5. The topological polar surface area (TPSA) is 90.3 Å². The minimum absolute atomic E-state index is 0.0327. The normalized spacial score (nSPS) is 22.3. The van der Waals surface area contributed by atoms with E-state index in [9.17, 15) is 27.4 Å². The van der Waals surface area contributed by atoms with Crippen LogP contribution in [0.1, 0.15) is 17.5 Å². The van der Waals surface area contributed by atoms with Gasteiger partial charge in [0, 0.05) is 23.7 Å². The summed E-state index contributed by atoms with van der Waals surface area (Å²) in [6.07, 6.45) is 0.0295. The van der Waals surface area contributed by atoms with Crippen molar-refractivity contribution in [2.24, 2.45) is 0 Å². The SMILES string of the molecule is O=S1(=O)C=Cc2c(OC[C@]3(O)CCN(c4c(F)cc(Cl)cc4F)C[C@H]3O)cccc2N1Cc1ccccc1. The van der Waals surface area contributed by atoms with E-state index in [0.717, 1.165) is 23.1 Å². The highest BCUT2D eigenvalue weighted by Crippen LogP contribution is 2.38. The molecular formula is C27H25ClF2N2O5S. The van der Waals surface area contributed by atoms with E-state index in [4.69, 9.17) is 16.3 Å². The van der Waals surface area contributed by atoms with Crippen LogP contribution in [0.3, 0.4) is 0 Å². The largest absolute Gasteiger partial charge is 0.490 e. The Kier molecular flexibility index (Phi) is 7.08. The maximum atomic E-state index is 14.4. The summed E-state index contributed by atoms with van der Waals surface area (Å²) in [4.78, 5) is 1.32. The molecule has 0 radical (unpaired) electrons. The van der Waals surface area contributed by atoms with Gasteiger partial charge in [0.1, 0.15) is 29.7 Å². The number of rotatable bonds is 6. The van der Waals surface area contributed by atoms with Crippen molar-refractivity contribution in [3.05, 3.63) is 93.9 Å². The van der Waals surface area contributed by atoms with Crippen molar-refractivity contribution in [3.8, 4) is 5.75 Å². The Labute approximate surface area is 224 Å². The summed E-state index contributed by atoms with van der Waals surface area (Å²) in [6.45, 7) is -0.364. The van der Waals surface area contributed by atoms with E-state index >= 15 is 0 Å². The molecule has 2 N–H and O–H groups in total. The first-order valence-electron chi connectivity index (χ1n) is 11.9. The van der Waals surface area contributed by atoms with Crippen LogP contribution in [0.15, 0.2) is 66.1 Å². The zero-order valence-electron chi connectivity index (χ0n) is 20.1. The van der Waals surface area contributed by atoms with Crippen LogP contribution in [-0.2, 0) is 16.6 Å². The fourth-order valence-electron chi connectivity index (χ4n) is 4.71. The molecule has 0 amide bonds. The molecule has 0 spiro atoms. The van der Waals surface area contributed by atoms with Crippen LogP contribution in [0.2, 0.25) is 5.02 Å². The predicted octanol–water partition coefficient (Wildman–Crippen LogP) is 4.32. The summed E-state index contributed by atoms with van der Waals surface area (Å²) in [5, 5.41) is 22.9. The second kappa shape index (κ2) is 10.2. The predicted molar refractivity (Wildman–Crippen MR) is 142 cm³/mol. The Morgan fingerprint density at radius 3 is 2.47 bits per heavy atom. The quantitative estimate of drug-likeness (QED) is 0.465. The van der Waals surface area contributed by atoms with Gasteiger partial charge in [-0.25, -0.2) is 17.2 Å². The standard InChI is InChI=1S/C27H25ClF2N2O5S/c28-19-13-21(29)26(22(30)14-19)31-11-10-27(34,25(33)16-31)17-37-24-8-4-7-23-20(24)9-12-38(35,36)32(23)15-18-5-2-1-3-6-18/h1-9,12-14,25,33-34H,10-11,15-17H2/t25-,27-/m1/s1. The molecule has 2 atom stereocenters. The number of aliphatic hydroxyl groups is 2. The van der Waals surface area contributed by atoms with Gasteiger partial charge in [0.2, 0.25) is 0 Å². The summed E-state index contributed by atoms with van der Waals surface area (Å²) < 4.78 is 61.6. The Hall–Kier alpha value is -3.18. The molecule has 0 bridgehead atoms. The molecule has 2 aliphatic rings. The van der Waals surface area contributed by atoms with Crippen molar-refractivity contribution < 1.29 is 32.1 Å². The lowest BCUT2D eigenvalue weighted by Gasteiger charge is -2.42. The van der Waals surface area contributed by atoms with Crippen molar-refractivity contribution >= 4 is 39.1 Å². The first-order valence-corrected chi connectivity index (χ1v) is 13.8. The smallest absolute Gasteiger partial charge is 0.257 e. The van der Waals surface area contributed by atoms with Gasteiger partial charge in [0.05, 0.1) is 17.6 Å². The minimum atomic E-state index is -3.72. The zero-order valence-corrected chi connectivity index (χ0v) is 21.7. The van der Waals surface area contributed by atoms with Crippen molar-refractivity contribution in [2.75, 3.05) is 28.9 Å². The van der Waals surface area contributed by atoms with Crippen molar-refractivity contribution in [2.45, 2.75) is 24.7 Å². The van der Waals surface area contributed by atoms with Gasteiger partial charge in [-0.3, -0.25) is 4.31 Å². The molecule has 1 fully saturated rings. The number of fused-ring (bicyclic) bond motifs is 1. The van der Waals surface area contributed by atoms with Crippen LogP contribution in [0, 0.1) is 11.6 Å². The summed E-state index contributed by atoms with van der Waals surface area (Å²) in [7, 11) is -3.72. The maximum Gasteiger partial charge on any atom is 0.257 e. The molecule has 38 heavy (non-hydrogen) atoms. The van der Waals surface area contributed by atoms with E-state index in [1.807, 2.05) is 30.3 Å². The molecule has 0 aliphatic carbocycles. The van der Waals surface area contributed by atoms with Crippen LogP contribution in [0.25, 0.3) is 6.08 Å². The molecule has 2 aliphatic heterocycles. The lowest BCUT2D eigenvalue weighted by Crippen LogP contribution is -2.58. The molecule has 7 nitrogen and oxygen atoms in total. The number of nitrogens with zero attached hydrogens (tertiary/aromatic N) is 2. The maximum absolute atomic E-state index is 14.4. The van der Waals surface area contributed by atoms with E-state index in [1.54, 1.807) is 18.2 Å². The molecule has 3 aromatic carbocycles.